The molecule has 1 N–H and O–H groups in total. The summed E-state index contributed by atoms with van der Waals surface area (Å²) in [6.07, 6.45) is -1.15. The van der Waals surface area contributed by atoms with Crippen LogP contribution in [0, 0.1) is 18.6 Å². The van der Waals surface area contributed by atoms with Gasteiger partial charge in [0.05, 0.1) is 6.10 Å². The zero-order valence-electron chi connectivity index (χ0n) is 10.9. The highest BCUT2D eigenvalue weighted by Gasteiger charge is 2.30. The molecule has 0 fully saturated rings. The Morgan fingerprint density at radius 3 is 2.70 bits per heavy atom. The Kier molecular flexibility index (Phi) is 3.18. The van der Waals surface area contributed by atoms with Gasteiger partial charge in [-0.25, -0.2) is 8.78 Å². The molecule has 1 unspecified atom stereocenters. The summed E-state index contributed by atoms with van der Waals surface area (Å²) in [5, 5.41) is 10.1. The van der Waals surface area contributed by atoms with E-state index in [0.29, 0.717) is 11.1 Å². The molecule has 0 aromatic heterocycles. The number of hydrogen-bond acceptors (Lipinski definition) is 2. The number of aryl methyl sites for hydroxylation is 1. The van der Waals surface area contributed by atoms with Gasteiger partial charge in [-0.05, 0) is 31.2 Å². The Morgan fingerprint density at radius 1 is 1.10 bits per heavy atom. The van der Waals surface area contributed by atoms with Crippen LogP contribution in [-0.4, -0.2) is 5.11 Å². The predicted octanol–water partition coefficient (Wildman–Crippen LogP) is 3.83. The third-order valence-electron chi connectivity index (χ3n) is 3.54. The van der Waals surface area contributed by atoms with Crippen molar-refractivity contribution in [2.75, 3.05) is 0 Å². The quantitative estimate of drug-likeness (QED) is 0.857. The van der Waals surface area contributed by atoms with Crippen LogP contribution in [0.15, 0.2) is 36.4 Å². The molecule has 2 atom stereocenters. The molecule has 2 nitrogen and oxygen atoms in total. The van der Waals surface area contributed by atoms with Gasteiger partial charge in [-0.2, -0.15) is 0 Å². The van der Waals surface area contributed by atoms with Crippen LogP contribution in [0.1, 0.15) is 35.3 Å². The first-order valence-corrected chi connectivity index (χ1v) is 6.45. The Bertz CT molecular complexity index is 655. The van der Waals surface area contributed by atoms with E-state index in [1.165, 1.54) is 24.3 Å². The molecular formula is C16H14F2O2. The summed E-state index contributed by atoms with van der Waals surface area (Å²) in [6, 6.07) is 8.74. The molecule has 104 valence electrons. The van der Waals surface area contributed by atoms with E-state index in [-0.39, 0.29) is 18.0 Å². The van der Waals surface area contributed by atoms with Crippen LogP contribution < -0.4 is 4.74 Å². The second kappa shape index (κ2) is 4.87. The monoisotopic (exact) mass is 276 g/mol. The van der Waals surface area contributed by atoms with Gasteiger partial charge in [0.15, 0.2) is 0 Å². The van der Waals surface area contributed by atoms with Gasteiger partial charge in [-0.15, -0.1) is 0 Å². The second-order valence-electron chi connectivity index (χ2n) is 5.07. The Morgan fingerprint density at radius 2 is 1.90 bits per heavy atom. The zero-order valence-corrected chi connectivity index (χ0v) is 10.9. The molecule has 0 radical (unpaired) electrons. The van der Waals surface area contributed by atoms with Crippen LogP contribution >= 0.6 is 0 Å². The number of aliphatic hydroxyl groups is 1. The van der Waals surface area contributed by atoms with Gasteiger partial charge in [0.25, 0.3) is 0 Å². The maximum atomic E-state index is 13.9. The SMILES string of the molecule is Cc1ccc(F)c(C2C[C@@H](O)c3ccc(F)cc3O2)c1. The average molecular weight is 276 g/mol. The minimum atomic E-state index is -0.788. The fourth-order valence-corrected chi connectivity index (χ4v) is 2.52. The van der Waals surface area contributed by atoms with Crippen molar-refractivity contribution in [3.63, 3.8) is 0 Å². The summed E-state index contributed by atoms with van der Waals surface area (Å²) in [5.74, 6) is -0.552. The molecule has 4 heteroatoms. The van der Waals surface area contributed by atoms with Crippen molar-refractivity contribution in [3.05, 3.63) is 64.7 Å². The van der Waals surface area contributed by atoms with E-state index in [9.17, 15) is 13.9 Å². The van der Waals surface area contributed by atoms with E-state index >= 15 is 0 Å². The largest absolute Gasteiger partial charge is 0.485 e. The molecule has 2 aromatic rings. The highest BCUT2D eigenvalue weighted by atomic mass is 19.1. The number of fused-ring (bicyclic) bond motifs is 1. The molecule has 0 aliphatic carbocycles. The van der Waals surface area contributed by atoms with Crippen molar-refractivity contribution in [2.45, 2.75) is 25.6 Å². The lowest BCUT2D eigenvalue weighted by Crippen LogP contribution is -2.20. The minimum Gasteiger partial charge on any atom is -0.485 e. The summed E-state index contributed by atoms with van der Waals surface area (Å²) in [6.45, 7) is 1.86. The predicted molar refractivity (Wildman–Crippen MR) is 70.5 cm³/mol. The van der Waals surface area contributed by atoms with E-state index in [0.717, 1.165) is 5.56 Å². The van der Waals surface area contributed by atoms with Crippen molar-refractivity contribution in [2.24, 2.45) is 0 Å². The maximum absolute atomic E-state index is 13.9. The van der Waals surface area contributed by atoms with Crippen LogP contribution in [-0.2, 0) is 0 Å². The van der Waals surface area contributed by atoms with Crippen molar-refractivity contribution < 1.29 is 18.6 Å². The first-order valence-electron chi connectivity index (χ1n) is 6.45. The number of benzene rings is 2. The van der Waals surface area contributed by atoms with E-state index in [1.807, 2.05) is 6.92 Å². The number of ether oxygens (including phenoxy) is 1. The molecule has 0 saturated carbocycles. The molecule has 0 bridgehead atoms. The van der Waals surface area contributed by atoms with E-state index in [2.05, 4.69) is 0 Å². The highest BCUT2D eigenvalue weighted by molar-refractivity contribution is 5.39. The van der Waals surface area contributed by atoms with Crippen LogP contribution in [0.3, 0.4) is 0 Å². The van der Waals surface area contributed by atoms with Gasteiger partial charge in [0, 0.05) is 23.6 Å². The zero-order chi connectivity index (χ0) is 14.3. The van der Waals surface area contributed by atoms with Crippen molar-refractivity contribution in [1.29, 1.82) is 0 Å². The summed E-state index contributed by atoms with van der Waals surface area (Å²) < 4.78 is 32.8. The van der Waals surface area contributed by atoms with E-state index in [1.54, 1.807) is 12.1 Å². The average Bonchev–Trinajstić information content (AvgIpc) is 2.41. The number of hydrogen-bond donors (Lipinski definition) is 1. The molecule has 1 aliphatic heterocycles. The molecule has 0 amide bonds. The lowest BCUT2D eigenvalue weighted by molar-refractivity contribution is 0.0636. The number of halogens is 2. The molecule has 0 spiro atoms. The van der Waals surface area contributed by atoms with Crippen molar-refractivity contribution in [1.82, 2.24) is 0 Å². The molecule has 1 heterocycles. The molecule has 3 rings (SSSR count). The summed E-state index contributed by atoms with van der Waals surface area (Å²) in [4.78, 5) is 0. The van der Waals surface area contributed by atoms with Gasteiger partial charge in [0.1, 0.15) is 23.5 Å². The molecule has 2 aromatic carbocycles. The standard InChI is InChI=1S/C16H14F2O2/c1-9-2-5-13(18)12(6-9)16-8-14(19)11-4-3-10(17)7-15(11)20-16/h2-7,14,16,19H,8H2,1H3/t14-,16?/m1/s1. The third kappa shape index (κ3) is 2.27. The maximum Gasteiger partial charge on any atom is 0.130 e. The van der Waals surface area contributed by atoms with Gasteiger partial charge in [-0.1, -0.05) is 11.6 Å². The lowest BCUT2D eigenvalue weighted by atomic mass is 9.94. The number of rotatable bonds is 1. The first-order chi connectivity index (χ1) is 9.54. The fraction of sp³-hybridized carbons (Fsp3) is 0.250. The Labute approximate surface area is 115 Å². The van der Waals surface area contributed by atoms with Crippen LogP contribution in [0.4, 0.5) is 8.78 Å². The van der Waals surface area contributed by atoms with Gasteiger partial charge in [0.2, 0.25) is 0 Å². The minimum absolute atomic E-state index is 0.249. The van der Waals surface area contributed by atoms with Crippen LogP contribution in [0.25, 0.3) is 0 Å². The molecule has 1 aliphatic rings. The van der Waals surface area contributed by atoms with E-state index < -0.39 is 18.0 Å². The van der Waals surface area contributed by atoms with Gasteiger partial charge < -0.3 is 9.84 Å². The van der Waals surface area contributed by atoms with Crippen LogP contribution in [0.5, 0.6) is 5.75 Å². The van der Waals surface area contributed by atoms with Crippen molar-refractivity contribution >= 4 is 0 Å². The van der Waals surface area contributed by atoms with Gasteiger partial charge in [-0.3, -0.25) is 0 Å². The first kappa shape index (κ1) is 13.1. The smallest absolute Gasteiger partial charge is 0.130 e. The molecule has 0 saturated heterocycles. The van der Waals surface area contributed by atoms with Gasteiger partial charge >= 0.3 is 0 Å². The van der Waals surface area contributed by atoms with E-state index in [4.69, 9.17) is 4.74 Å². The highest BCUT2D eigenvalue weighted by Crippen LogP contribution is 2.41. The summed E-state index contributed by atoms with van der Waals surface area (Å²) >= 11 is 0. The lowest BCUT2D eigenvalue weighted by Gasteiger charge is -2.30. The molecular weight excluding hydrogens is 262 g/mol. The summed E-state index contributed by atoms with van der Waals surface area (Å²) in [5.41, 5.74) is 1.83. The third-order valence-corrected chi connectivity index (χ3v) is 3.54. The topological polar surface area (TPSA) is 29.5 Å². The second-order valence-corrected chi connectivity index (χ2v) is 5.07. The normalized spacial score (nSPS) is 21.2. The van der Waals surface area contributed by atoms with Crippen molar-refractivity contribution in [3.8, 4) is 5.75 Å². The Hall–Kier alpha value is -1.94. The fourth-order valence-electron chi connectivity index (χ4n) is 2.52. The summed E-state index contributed by atoms with van der Waals surface area (Å²) in [7, 11) is 0. The van der Waals surface area contributed by atoms with Crippen LogP contribution in [0.2, 0.25) is 0 Å². The number of aliphatic hydroxyl groups excluding tert-OH is 1. The molecule has 20 heavy (non-hydrogen) atoms. The Balaban J connectivity index is 2.00.